The Bertz CT molecular complexity index is 689. The molecule has 0 N–H and O–H groups in total. The molecule has 0 amide bonds. The number of benzene rings is 2. The summed E-state index contributed by atoms with van der Waals surface area (Å²) in [6, 6.07) is 11.4. The summed E-state index contributed by atoms with van der Waals surface area (Å²) >= 11 is 0. The number of ether oxygens (including phenoxy) is 2. The van der Waals surface area contributed by atoms with E-state index in [0.717, 1.165) is 29.7 Å². The molecule has 0 spiro atoms. The molecule has 3 nitrogen and oxygen atoms in total. The largest absolute Gasteiger partial charge is 0.496 e. The standard InChI is InChI=1S/C18H18O3/c1-12-8-9-14(16(11-12)20-2)17(19)15-7-3-5-13-6-4-10-21-18(13)15/h3,5,7-9,11H,4,6,10H2,1-2H3. The Morgan fingerprint density at radius 1 is 1.19 bits per heavy atom. The highest BCUT2D eigenvalue weighted by molar-refractivity contribution is 6.12. The Morgan fingerprint density at radius 3 is 2.86 bits per heavy atom. The average Bonchev–Trinajstić information content (AvgIpc) is 2.53. The number of hydrogen-bond acceptors (Lipinski definition) is 3. The number of para-hydroxylation sites is 1. The van der Waals surface area contributed by atoms with Crippen molar-refractivity contribution in [2.75, 3.05) is 13.7 Å². The molecule has 108 valence electrons. The van der Waals surface area contributed by atoms with Crippen molar-refractivity contribution in [1.29, 1.82) is 0 Å². The van der Waals surface area contributed by atoms with E-state index in [0.29, 0.717) is 23.5 Å². The van der Waals surface area contributed by atoms with Gasteiger partial charge in [-0.25, -0.2) is 0 Å². The number of carbonyl (C=O) groups excluding carboxylic acids is 1. The van der Waals surface area contributed by atoms with Gasteiger partial charge in [-0.3, -0.25) is 4.79 Å². The van der Waals surface area contributed by atoms with E-state index in [1.807, 2.05) is 43.3 Å². The summed E-state index contributed by atoms with van der Waals surface area (Å²) in [6.45, 7) is 2.65. The summed E-state index contributed by atoms with van der Waals surface area (Å²) in [6.07, 6.45) is 1.96. The fraction of sp³-hybridized carbons (Fsp3) is 0.278. The van der Waals surface area contributed by atoms with Gasteiger partial charge in [-0.15, -0.1) is 0 Å². The first-order valence-corrected chi connectivity index (χ1v) is 7.14. The Kier molecular flexibility index (Phi) is 3.65. The van der Waals surface area contributed by atoms with E-state index < -0.39 is 0 Å². The van der Waals surface area contributed by atoms with E-state index >= 15 is 0 Å². The number of fused-ring (bicyclic) bond motifs is 1. The van der Waals surface area contributed by atoms with Crippen molar-refractivity contribution in [3.05, 3.63) is 58.7 Å². The van der Waals surface area contributed by atoms with Gasteiger partial charge in [0, 0.05) is 0 Å². The molecule has 0 fully saturated rings. The molecule has 2 aromatic rings. The van der Waals surface area contributed by atoms with Crippen LogP contribution in [0, 0.1) is 6.92 Å². The van der Waals surface area contributed by atoms with Crippen LogP contribution in [0.25, 0.3) is 0 Å². The van der Waals surface area contributed by atoms with Gasteiger partial charge in [0.1, 0.15) is 11.5 Å². The number of methoxy groups -OCH3 is 1. The average molecular weight is 282 g/mol. The van der Waals surface area contributed by atoms with Crippen molar-refractivity contribution < 1.29 is 14.3 Å². The van der Waals surface area contributed by atoms with Gasteiger partial charge in [-0.2, -0.15) is 0 Å². The highest BCUT2D eigenvalue weighted by Gasteiger charge is 2.22. The van der Waals surface area contributed by atoms with Crippen molar-refractivity contribution in [2.24, 2.45) is 0 Å². The second-order valence-corrected chi connectivity index (χ2v) is 5.28. The quantitative estimate of drug-likeness (QED) is 0.807. The van der Waals surface area contributed by atoms with E-state index in [2.05, 4.69) is 0 Å². The second-order valence-electron chi connectivity index (χ2n) is 5.28. The van der Waals surface area contributed by atoms with Gasteiger partial charge in [0.25, 0.3) is 0 Å². The Labute approximate surface area is 124 Å². The molecule has 1 heterocycles. The highest BCUT2D eigenvalue weighted by Crippen LogP contribution is 2.32. The number of ketones is 1. The molecule has 0 atom stereocenters. The van der Waals surface area contributed by atoms with E-state index in [4.69, 9.17) is 9.47 Å². The van der Waals surface area contributed by atoms with Crippen LogP contribution in [0.3, 0.4) is 0 Å². The summed E-state index contributed by atoms with van der Waals surface area (Å²) in [7, 11) is 1.59. The smallest absolute Gasteiger partial charge is 0.200 e. The number of hydrogen-bond donors (Lipinski definition) is 0. The molecule has 0 bridgehead atoms. The first-order valence-electron chi connectivity index (χ1n) is 7.14. The monoisotopic (exact) mass is 282 g/mol. The zero-order valence-corrected chi connectivity index (χ0v) is 12.3. The highest BCUT2D eigenvalue weighted by atomic mass is 16.5. The molecule has 0 saturated heterocycles. The minimum Gasteiger partial charge on any atom is -0.496 e. The first kappa shape index (κ1) is 13.7. The molecule has 0 aliphatic carbocycles. The lowest BCUT2D eigenvalue weighted by molar-refractivity contribution is 0.103. The summed E-state index contributed by atoms with van der Waals surface area (Å²) in [5.41, 5.74) is 3.37. The van der Waals surface area contributed by atoms with Crippen LogP contribution in [-0.4, -0.2) is 19.5 Å². The molecule has 0 aromatic heterocycles. The number of carbonyl (C=O) groups is 1. The lowest BCUT2D eigenvalue weighted by atomic mass is 9.96. The van der Waals surface area contributed by atoms with E-state index in [-0.39, 0.29) is 5.78 Å². The Balaban J connectivity index is 2.07. The van der Waals surface area contributed by atoms with Crippen molar-refractivity contribution in [3.8, 4) is 11.5 Å². The van der Waals surface area contributed by atoms with Gasteiger partial charge in [0.15, 0.2) is 5.78 Å². The Morgan fingerprint density at radius 2 is 2.05 bits per heavy atom. The third kappa shape index (κ3) is 2.51. The molecular weight excluding hydrogens is 264 g/mol. The van der Waals surface area contributed by atoms with Crippen LogP contribution in [0.4, 0.5) is 0 Å². The zero-order chi connectivity index (χ0) is 14.8. The third-order valence-electron chi connectivity index (χ3n) is 3.78. The summed E-state index contributed by atoms with van der Waals surface area (Å²) < 4.78 is 11.1. The van der Waals surface area contributed by atoms with Crippen LogP contribution in [0.5, 0.6) is 11.5 Å². The molecule has 1 aliphatic heterocycles. The summed E-state index contributed by atoms with van der Waals surface area (Å²) in [5.74, 6) is 1.29. The number of rotatable bonds is 3. The van der Waals surface area contributed by atoms with Gasteiger partial charge < -0.3 is 9.47 Å². The maximum atomic E-state index is 12.8. The fourth-order valence-electron chi connectivity index (χ4n) is 2.70. The summed E-state index contributed by atoms with van der Waals surface area (Å²) in [4.78, 5) is 12.8. The summed E-state index contributed by atoms with van der Waals surface area (Å²) in [5, 5.41) is 0. The van der Waals surface area contributed by atoms with Crippen molar-refractivity contribution in [3.63, 3.8) is 0 Å². The topological polar surface area (TPSA) is 35.5 Å². The second kappa shape index (κ2) is 5.60. The van der Waals surface area contributed by atoms with Crippen LogP contribution in [-0.2, 0) is 6.42 Å². The fourth-order valence-corrected chi connectivity index (χ4v) is 2.70. The molecule has 0 radical (unpaired) electrons. The molecule has 1 aliphatic rings. The van der Waals surface area contributed by atoms with E-state index in [1.54, 1.807) is 7.11 Å². The van der Waals surface area contributed by atoms with Crippen molar-refractivity contribution in [2.45, 2.75) is 19.8 Å². The van der Waals surface area contributed by atoms with E-state index in [1.165, 1.54) is 0 Å². The first-order chi connectivity index (χ1) is 10.2. The molecule has 3 heteroatoms. The third-order valence-corrected chi connectivity index (χ3v) is 3.78. The molecule has 0 unspecified atom stereocenters. The van der Waals surface area contributed by atoms with E-state index in [9.17, 15) is 4.79 Å². The predicted molar refractivity (Wildman–Crippen MR) is 81.4 cm³/mol. The minimum atomic E-state index is -0.0504. The predicted octanol–water partition coefficient (Wildman–Crippen LogP) is 3.56. The lowest BCUT2D eigenvalue weighted by Crippen LogP contribution is -2.13. The SMILES string of the molecule is COc1cc(C)ccc1C(=O)c1cccc2c1OCCC2. The van der Waals surface area contributed by atoms with Gasteiger partial charge in [0.2, 0.25) is 0 Å². The zero-order valence-electron chi connectivity index (χ0n) is 12.3. The van der Waals surface area contributed by atoms with Crippen LogP contribution in [0.15, 0.2) is 36.4 Å². The van der Waals surface area contributed by atoms with Crippen LogP contribution in [0.2, 0.25) is 0 Å². The molecule has 3 rings (SSSR count). The van der Waals surface area contributed by atoms with Gasteiger partial charge in [0.05, 0.1) is 24.8 Å². The Hall–Kier alpha value is -2.29. The van der Waals surface area contributed by atoms with Crippen molar-refractivity contribution in [1.82, 2.24) is 0 Å². The molecule has 2 aromatic carbocycles. The normalized spacial score (nSPS) is 13.2. The molecular formula is C18H18O3. The van der Waals surface area contributed by atoms with Gasteiger partial charge in [-0.1, -0.05) is 18.2 Å². The maximum absolute atomic E-state index is 12.8. The number of aryl methyl sites for hydroxylation is 2. The molecule has 21 heavy (non-hydrogen) atoms. The minimum absolute atomic E-state index is 0.0504. The van der Waals surface area contributed by atoms with Gasteiger partial charge in [-0.05, 0) is 49.1 Å². The van der Waals surface area contributed by atoms with Gasteiger partial charge >= 0.3 is 0 Å². The lowest BCUT2D eigenvalue weighted by Gasteiger charge is -2.20. The maximum Gasteiger partial charge on any atom is 0.200 e. The van der Waals surface area contributed by atoms with Crippen LogP contribution < -0.4 is 9.47 Å². The molecule has 0 saturated carbocycles. The van der Waals surface area contributed by atoms with Crippen molar-refractivity contribution >= 4 is 5.78 Å². The van der Waals surface area contributed by atoms with Crippen LogP contribution in [0.1, 0.15) is 33.5 Å². The van der Waals surface area contributed by atoms with Crippen LogP contribution >= 0.6 is 0 Å².